The molecule has 0 amide bonds. The Hall–Kier alpha value is -1.68. The van der Waals surface area contributed by atoms with Gasteiger partial charge in [0, 0.05) is 11.8 Å². The molecule has 0 radical (unpaired) electrons. The van der Waals surface area contributed by atoms with Gasteiger partial charge in [0.05, 0.1) is 4.90 Å². The molecule has 0 saturated carbocycles. The summed E-state index contributed by atoms with van der Waals surface area (Å²) < 4.78 is 36.6. The molecule has 94 valence electrons. The summed E-state index contributed by atoms with van der Waals surface area (Å²) in [6, 6.07) is 11.3. The first-order valence-electron chi connectivity index (χ1n) is 5.45. The minimum atomic E-state index is -3.30. The van der Waals surface area contributed by atoms with Gasteiger partial charge in [-0.25, -0.2) is 12.8 Å². The summed E-state index contributed by atoms with van der Waals surface area (Å²) in [6.45, 7) is 1.65. The van der Waals surface area contributed by atoms with Gasteiger partial charge in [-0.3, -0.25) is 0 Å². The lowest BCUT2D eigenvalue weighted by molar-refractivity contribution is 0.602. The van der Waals surface area contributed by atoms with E-state index in [1.54, 1.807) is 43.3 Å². The van der Waals surface area contributed by atoms with Crippen molar-refractivity contribution in [1.29, 1.82) is 0 Å². The molecule has 0 aromatic heterocycles. The van der Waals surface area contributed by atoms with Crippen LogP contribution in [0.1, 0.15) is 5.56 Å². The quantitative estimate of drug-likeness (QED) is 0.834. The molecule has 4 heteroatoms. The van der Waals surface area contributed by atoms with Crippen LogP contribution in [0.25, 0.3) is 11.1 Å². The van der Waals surface area contributed by atoms with Gasteiger partial charge in [0.2, 0.25) is 0 Å². The fraction of sp³-hybridized carbons (Fsp3) is 0.143. The minimum Gasteiger partial charge on any atom is -0.224 e. The summed E-state index contributed by atoms with van der Waals surface area (Å²) in [4.78, 5) is 0.260. The van der Waals surface area contributed by atoms with Gasteiger partial charge in [-0.05, 0) is 36.2 Å². The molecule has 0 aliphatic carbocycles. The van der Waals surface area contributed by atoms with Crippen LogP contribution < -0.4 is 0 Å². The number of sulfone groups is 1. The van der Waals surface area contributed by atoms with E-state index in [0.29, 0.717) is 16.7 Å². The van der Waals surface area contributed by atoms with Crippen molar-refractivity contribution in [3.8, 4) is 11.1 Å². The summed E-state index contributed by atoms with van der Waals surface area (Å²) in [5.74, 6) is -0.296. The highest BCUT2D eigenvalue weighted by molar-refractivity contribution is 7.90. The van der Waals surface area contributed by atoms with Gasteiger partial charge >= 0.3 is 0 Å². The van der Waals surface area contributed by atoms with E-state index >= 15 is 0 Å². The molecule has 2 aromatic carbocycles. The van der Waals surface area contributed by atoms with Crippen molar-refractivity contribution in [2.45, 2.75) is 11.8 Å². The van der Waals surface area contributed by atoms with Gasteiger partial charge in [-0.1, -0.05) is 24.3 Å². The highest BCUT2D eigenvalue weighted by Crippen LogP contribution is 2.28. The average molecular weight is 264 g/mol. The van der Waals surface area contributed by atoms with Crippen LogP contribution >= 0.6 is 0 Å². The van der Waals surface area contributed by atoms with E-state index in [9.17, 15) is 12.8 Å². The predicted octanol–water partition coefficient (Wildman–Crippen LogP) is 3.20. The first-order chi connectivity index (χ1) is 8.39. The van der Waals surface area contributed by atoms with Gasteiger partial charge in [0.1, 0.15) is 5.82 Å². The first kappa shape index (κ1) is 12.8. The molecule has 0 N–H and O–H groups in total. The third-order valence-electron chi connectivity index (χ3n) is 2.76. The van der Waals surface area contributed by atoms with Crippen molar-refractivity contribution in [2.75, 3.05) is 6.26 Å². The van der Waals surface area contributed by atoms with Crippen LogP contribution in [0.2, 0.25) is 0 Å². The lowest BCUT2D eigenvalue weighted by atomic mass is 10.0. The monoisotopic (exact) mass is 264 g/mol. The number of hydrogen-bond donors (Lipinski definition) is 0. The Labute approximate surface area is 106 Å². The highest BCUT2D eigenvalue weighted by atomic mass is 32.2. The molecule has 18 heavy (non-hydrogen) atoms. The zero-order chi connectivity index (χ0) is 13.3. The van der Waals surface area contributed by atoms with Crippen LogP contribution in [-0.4, -0.2) is 14.7 Å². The molecule has 2 aromatic rings. The lowest BCUT2D eigenvalue weighted by Gasteiger charge is -2.09. The Kier molecular flexibility index (Phi) is 3.22. The van der Waals surface area contributed by atoms with Crippen LogP contribution in [0, 0.1) is 12.7 Å². The van der Waals surface area contributed by atoms with Crippen LogP contribution in [-0.2, 0) is 9.84 Å². The predicted molar refractivity (Wildman–Crippen MR) is 69.7 cm³/mol. The van der Waals surface area contributed by atoms with Crippen LogP contribution in [0.15, 0.2) is 47.4 Å². The molecule has 0 heterocycles. The second-order valence-corrected chi connectivity index (χ2v) is 6.22. The maximum atomic E-state index is 13.2. The Bertz CT molecular complexity index is 691. The Morgan fingerprint density at radius 2 is 1.72 bits per heavy atom. The topological polar surface area (TPSA) is 34.1 Å². The van der Waals surface area contributed by atoms with E-state index in [-0.39, 0.29) is 10.7 Å². The number of aryl methyl sites for hydroxylation is 1. The Balaban J connectivity index is 2.68. The fourth-order valence-electron chi connectivity index (χ4n) is 1.84. The molecule has 0 spiro atoms. The second-order valence-electron chi connectivity index (χ2n) is 4.23. The van der Waals surface area contributed by atoms with Crippen LogP contribution in [0.4, 0.5) is 4.39 Å². The molecule has 2 nitrogen and oxygen atoms in total. The second kappa shape index (κ2) is 4.53. The van der Waals surface area contributed by atoms with E-state index in [2.05, 4.69) is 0 Å². The molecule has 0 saturated heterocycles. The summed E-state index contributed by atoms with van der Waals surface area (Å²) >= 11 is 0. The first-order valence-corrected chi connectivity index (χ1v) is 7.34. The summed E-state index contributed by atoms with van der Waals surface area (Å²) in [7, 11) is -3.30. The van der Waals surface area contributed by atoms with Crippen LogP contribution in [0.5, 0.6) is 0 Å². The van der Waals surface area contributed by atoms with E-state index in [4.69, 9.17) is 0 Å². The molecule has 0 aliphatic heterocycles. The van der Waals surface area contributed by atoms with Crippen molar-refractivity contribution < 1.29 is 12.8 Å². The molecule has 0 bridgehead atoms. The third-order valence-corrected chi connectivity index (χ3v) is 3.91. The molecule has 2 rings (SSSR count). The van der Waals surface area contributed by atoms with Gasteiger partial charge in [0.25, 0.3) is 0 Å². The third kappa shape index (κ3) is 2.43. The zero-order valence-corrected chi connectivity index (χ0v) is 11.0. The van der Waals surface area contributed by atoms with Crippen molar-refractivity contribution in [3.05, 3.63) is 53.8 Å². The minimum absolute atomic E-state index is 0.260. The smallest absolute Gasteiger partial charge is 0.176 e. The largest absolute Gasteiger partial charge is 0.224 e. The Morgan fingerprint density at radius 1 is 1.06 bits per heavy atom. The maximum absolute atomic E-state index is 13.2. The molecule has 0 unspecified atom stereocenters. The standard InChI is InChI=1S/C14H13FO2S/c1-10-9-11(7-8-13(10)15)12-5-3-4-6-14(12)18(2,16)17/h3-9H,1-2H3. The van der Waals surface area contributed by atoms with Crippen molar-refractivity contribution in [1.82, 2.24) is 0 Å². The van der Waals surface area contributed by atoms with Crippen LogP contribution in [0.3, 0.4) is 0 Å². The highest BCUT2D eigenvalue weighted by Gasteiger charge is 2.14. The molecule has 0 atom stereocenters. The van der Waals surface area contributed by atoms with Gasteiger partial charge < -0.3 is 0 Å². The lowest BCUT2D eigenvalue weighted by Crippen LogP contribution is -1.99. The zero-order valence-electron chi connectivity index (χ0n) is 10.1. The van der Waals surface area contributed by atoms with E-state index in [0.717, 1.165) is 0 Å². The summed E-state index contributed by atoms with van der Waals surface area (Å²) in [5.41, 5.74) is 1.80. The maximum Gasteiger partial charge on any atom is 0.176 e. The number of benzene rings is 2. The van der Waals surface area contributed by atoms with Crippen molar-refractivity contribution >= 4 is 9.84 Å². The molecular weight excluding hydrogens is 251 g/mol. The molecular formula is C14H13FO2S. The molecule has 0 fully saturated rings. The van der Waals surface area contributed by atoms with E-state index in [1.165, 1.54) is 12.3 Å². The van der Waals surface area contributed by atoms with E-state index < -0.39 is 9.84 Å². The van der Waals surface area contributed by atoms with Gasteiger partial charge in [-0.15, -0.1) is 0 Å². The molecule has 0 aliphatic rings. The SMILES string of the molecule is Cc1cc(-c2ccccc2S(C)(=O)=O)ccc1F. The fourth-order valence-corrected chi connectivity index (χ4v) is 2.75. The van der Waals surface area contributed by atoms with E-state index in [1.807, 2.05) is 0 Å². The normalized spacial score (nSPS) is 11.5. The summed E-state index contributed by atoms with van der Waals surface area (Å²) in [5, 5.41) is 0. The number of halogens is 1. The van der Waals surface area contributed by atoms with Crippen molar-refractivity contribution in [2.24, 2.45) is 0 Å². The van der Waals surface area contributed by atoms with Crippen molar-refractivity contribution in [3.63, 3.8) is 0 Å². The Morgan fingerprint density at radius 3 is 2.33 bits per heavy atom. The van der Waals surface area contributed by atoms with Gasteiger partial charge in [-0.2, -0.15) is 0 Å². The summed E-state index contributed by atoms with van der Waals surface area (Å²) in [6.07, 6.45) is 1.17. The number of hydrogen-bond acceptors (Lipinski definition) is 2. The number of rotatable bonds is 2. The van der Waals surface area contributed by atoms with Gasteiger partial charge in [0.15, 0.2) is 9.84 Å². The average Bonchev–Trinajstić information content (AvgIpc) is 2.32.